The van der Waals surface area contributed by atoms with Gasteiger partial charge in [-0.25, -0.2) is 13.1 Å². The molecule has 0 fully saturated rings. The predicted molar refractivity (Wildman–Crippen MR) is 97.9 cm³/mol. The summed E-state index contributed by atoms with van der Waals surface area (Å²) in [7, 11) is -3.70. The van der Waals surface area contributed by atoms with Gasteiger partial charge in [-0.05, 0) is 42.3 Å². The summed E-state index contributed by atoms with van der Waals surface area (Å²) in [5.74, 6) is 1.31. The maximum atomic E-state index is 12.8. The van der Waals surface area contributed by atoms with E-state index in [-0.39, 0.29) is 11.4 Å². The number of benzene rings is 2. The zero-order valence-corrected chi connectivity index (χ0v) is 15.0. The molecule has 0 aliphatic carbocycles. The molecule has 6 nitrogen and oxygen atoms in total. The van der Waals surface area contributed by atoms with Crippen LogP contribution in [0.2, 0.25) is 0 Å². The molecule has 134 valence electrons. The number of nitrogens with one attached hydrogen (secondary N) is 1. The van der Waals surface area contributed by atoms with Crippen LogP contribution in [0.4, 0.5) is 0 Å². The number of ether oxygens (including phenoxy) is 2. The molecule has 0 spiro atoms. The Balaban J connectivity index is 1.60. The van der Waals surface area contributed by atoms with Crippen molar-refractivity contribution < 1.29 is 17.9 Å². The number of pyridine rings is 1. The van der Waals surface area contributed by atoms with Crippen LogP contribution in [0.25, 0.3) is 10.9 Å². The molecule has 26 heavy (non-hydrogen) atoms. The van der Waals surface area contributed by atoms with Gasteiger partial charge in [-0.3, -0.25) is 4.98 Å². The molecule has 7 heteroatoms. The fourth-order valence-corrected chi connectivity index (χ4v) is 4.11. The molecule has 2 heterocycles. The highest BCUT2D eigenvalue weighted by Gasteiger charge is 2.19. The molecule has 1 N–H and O–H groups in total. The van der Waals surface area contributed by atoms with Crippen molar-refractivity contribution in [3.05, 3.63) is 59.8 Å². The Morgan fingerprint density at radius 2 is 1.88 bits per heavy atom. The average Bonchev–Trinajstić information content (AvgIpc) is 2.65. The summed E-state index contributed by atoms with van der Waals surface area (Å²) in [6.45, 7) is 3.09. The first kappa shape index (κ1) is 16.8. The van der Waals surface area contributed by atoms with E-state index in [1.807, 2.05) is 25.1 Å². The number of hydrogen-bond donors (Lipinski definition) is 1. The second-order valence-corrected chi connectivity index (χ2v) is 7.88. The van der Waals surface area contributed by atoms with E-state index >= 15 is 0 Å². The first-order valence-corrected chi connectivity index (χ1v) is 9.75. The lowest BCUT2D eigenvalue weighted by atomic mass is 10.2. The van der Waals surface area contributed by atoms with Gasteiger partial charge in [-0.2, -0.15) is 0 Å². The first-order chi connectivity index (χ1) is 12.5. The second-order valence-electron chi connectivity index (χ2n) is 6.14. The van der Waals surface area contributed by atoms with Crippen LogP contribution in [0.5, 0.6) is 11.5 Å². The Labute approximate surface area is 151 Å². The summed E-state index contributed by atoms with van der Waals surface area (Å²) < 4.78 is 39.2. The van der Waals surface area contributed by atoms with E-state index < -0.39 is 10.0 Å². The maximum Gasteiger partial charge on any atom is 0.243 e. The number of fused-ring (bicyclic) bond motifs is 2. The van der Waals surface area contributed by atoms with Crippen molar-refractivity contribution in [2.75, 3.05) is 13.2 Å². The number of rotatable bonds is 4. The SMILES string of the molecule is Cc1cnc2c(S(=O)(=O)NCc3ccc4c(c3)OCCO4)cccc2c1. The lowest BCUT2D eigenvalue weighted by Crippen LogP contribution is -2.24. The lowest BCUT2D eigenvalue weighted by molar-refractivity contribution is 0.171. The van der Waals surface area contributed by atoms with E-state index in [0.29, 0.717) is 30.2 Å². The molecule has 2 aromatic carbocycles. The van der Waals surface area contributed by atoms with Crippen LogP contribution in [0.3, 0.4) is 0 Å². The van der Waals surface area contributed by atoms with Gasteiger partial charge in [-0.15, -0.1) is 0 Å². The van der Waals surface area contributed by atoms with Crippen LogP contribution < -0.4 is 14.2 Å². The standard InChI is InChI=1S/C19H18N2O4S/c1-13-9-15-3-2-4-18(19(15)20-11-13)26(22,23)21-12-14-5-6-16-17(10-14)25-8-7-24-16/h2-6,9-11,21H,7-8,12H2,1H3. The Bertz CT molecular complexity index is 1080. The molecule has 1 aromatic heterocycles. The van der Waals surface area contributed by atoms with E-state index in [9.17, 15) is 8.42 Å². The van der Waals surface area contributed by atoms with Gasteiger partial charge >= 0.3 is 0 Å². The van der Waals surface area contributed by atoms with Crippen LogP contribution in [0.15, 0.2) is 53.6 Å². The van der Waals surface area contributed by atoms with Crippen LogP contribution in [0.1, 0.15) is 11.1 Å². The van der Waals surface area contributed by atoms with Gasteiger partial charge < -0.3 is 9.47 Å². The van der Waals surface area contributed by atoms with Crippen molar-refractivity contribution in [3.63, 3.8) is 0 Å². The van der Waals surface area contributed by atoms with Crippen molar-refractivity contribution in [1.29, 1.82) is 0 Å². The smallest absolute Gasteiger partial charge is 0.243 e. The molecular weight excluding hydrogens is 352 g/mol. The summed E-state index contributed by atoms with van der Waals surface area (Å²) in [5.41, 5.74) is 2.24. The molecule has 0 saturated heterocycles. The van der Waals surface area contributed by atoms with Crippen molar-refractivity contribution in [2.24, 2.45) is 0 Å². The summed E-state index contributed by atoms with van der Waals surface area (Å²) in [6, 6.07) is 12.5. The molecule has 0 saturated carbocycles. The van der Waals surface area contributed by atoms with Crippen molar-refractivity contribution >= 4 is 20.9 Å². The van der Waals surface area contributed by atoms with E-state index in [1.165, 1.54) is 0 Å². The largest absolute Gasteiger partial charge is 0.486 e. The van der Waals surface area contributed by atoms with Crippen LogP contribution in [0, 0.1) is 6.92 Å². The van der Waals surface area contributed by atoms with Gasteiger partial charge in [0.1, 0.15) is 18.1 Å². The minimum Gasteiger partial charge on any atom is -0.486 e. The molecule has 1 aliphatic rings. The Morgan fingerprint density at radius 3 is 2.73 bits per heavy atom. The molecule has 3 aromatic rings. The van der Waals surface area contributed by atoms with Crippen molar-refractivity contribution in [2.45, 2.75) is 18.4 Å². The minimum atomic E-state index is -3.70. The highest BCUT2D eigenvalue weighted by Crippen LogP contribution is 2.31. The van der Waals surface area contributed by atoms with E-state index in [4.69, 9.17) is 9.47 Å². The molecule has 4 rings (SSSR count). The zero-order valence-electron chi connectivity index (χ0n) is 14.2. The molecule has 0 atom stereocenters. The zero-order chi connectivity index (χ0) is 18.1. The number of para-hydroxylation sites is 1. The summed E-state index contributed by atoms with van der Waals surface area (Å²) in [6.07, 6.45) is 1.67. The molecule has 0 bridgehead atoms. The lowest BCUT2D eigenvalue weighted by Gasteiger charge is -2.19. The molecule has 0 radical (unpaired) electrons. The van der Waals surface area contributed by atoms with Crippen molar-refractivity contribution in [3.8, 4) is 11.5 Å². The second kappa shape index (κ2) is 6.59. The van der Waals surface area contributed by atoms with E-state index in [0.717, 1.165) is 16.5 Å². The third-order valence-corrected chi connectivity index (χ3v) is 5.61. The highest BCUT2D eigenvalue weighted by molar-refractivity contribution is 7.89. The number of nitrogens with zero attached hydrogens (tertiary/aromatic N) is 1. The topological polar surface area (TPSA) is 77.5 Å². The third-order valence-electron chi connectivity index (χ3n) is 4.17. The molecule has 0 amide bonds. The van der Waals surface area contributed by atoms with Gasteiger partial charge in [0.2, 0.25) is 10.0 Å². The number of aryl methyl sites for hydroxylation is 1. The number of aromatic nitrogens is 1. The fourth-order valence-electron chi connectivity index (χ4n) is 2.91. The number of hydrogen-bond acceptors (Lipinski definition) is 5. The van der Waals surface area contributed by atoms with E-state index in [2.05, 4.69) is 9.71 Å². The van der Waals surface area contributed by atoms with Gasteiger partial charge in [-0.1, -0.05) is 18.2 Å². The van der Waals surface area contributed by atoms with Crippen LogP contribution in [-0.4, -0.2) is 26.6 Å². The number of sulfonamides is 1. The summed E-state index contributed by atoms with van der Waals surface area (Å²) >= 11 is 0. The fraction of sp³-hybridized carbons (Fsp3) is 0.211. The third kappa shape index (κ3) is 3.23. The molecule has 1 aliphatic heterocycles. The van der Waals surface area contributed by atoms with Gasteiger partial charge in [0.05, 0.1) is 5.52 Å². The maximum absolute atomic E-state index is 12.8. The van der Waals surface area contributed by atoms with Crippen LogP contribution in [-0.2, 0) is 16.6 Å². The molecule has 0 unspecified atom stereocenters. The van der Waals surface area contributed by atoms with E-state index in [1.54, 1.807) is 30.5 Å². The normalized spacial score (nSPS) is 13.7. The van der Waals surface area contributed by atoms with Gasteiger partial charge in [0, 0.05) is 18.1 Å². The predicted octanol–water partition coefficient (Wildman–Crippen LogP) is 2.79. The Morgan fingerprint density at radius 1 is 1.08 bits per heavy atom. The van der Waals surface area contributed by atoms with Crippen LogP contribution >= 0.6 is 0 Å². The van der Waals surface area contributed by atoms with Gasteiger partial charge in [0.15, 0.2) is 11.5 Å². The summed E-state index contributed by atoms with van der Waals surface area (Å²) in [4.78, 5) is 4.48. The highest BCUT2D eigenvalue weighted by atomic mass is 32.2. The molecular formula is C19H18N2O4S. The average molecular weight is 370 g/mol. The monoisotopic (exact) mass is 370 g/mol. The Hall–Kier alpha value is -2.64. The quantitative estimate of drug-likeness (QED) is 0.764. The van der Waals surface area contributed by atoms with Gasteiger partial charge in [0.25, 0.3) is 0 Å². The minimum absolute atomic E-state index is 0.154. The first-order valence-electron chi connectivity index (χ1n) is 8.26. The van der Waals surface area contributed by atoms with Crippen molar-refractivity contribution in [1.82, 2.24) is 9.71 Å². The Kier molecular flexibility index (Phi) is 4.26. The summed E-state index contributed by atoms with van der Waals surface area (Å²) in [5, 5.41) is 0.798.